The topological polar surface area (TPSA) is 106 Å². The summed E-state index contributed by atoms with van der Waals surface area (Å²) in [4.78, 5) is 25.9. The monoisotopic (exact) mass is 426 g/mol. The molecule has 1 fully saturated rings. The van der Waals surface area contributed by atoms with Crippen LogP contribution < -0.4 is 10.2 Å². The van der Waals surface area contributed by atoms with Gasteiger partial charge in [0.1, 0.15) is 5.82 Å². The minimum Gasteiger partial charge on any atom is -0.407 e. The Morgan fingerprint density at radius 3 is 2.97 bits per heavy atom. The Labute approximate surface area is 170 Å². The Kier molecular flexibility index (Phi) is 6.36. The molecule has 2 aromatic rings. The van der Waals surface area contributed by atoms with Crippen LogP contribution in [0.4, 0.5) is 14.9 Å². The third-order valence-corrected chi connectivity index (χ3v) is 4.55. The summed E-state index contributed by atoms with van der Waals surface area (Å²) in [6.07, 6.45) is 2.00. The van der Waals surface area contributed by atoms with Crippen LogP contribution in [0.3, 0.4) is 0 Å². The van der Waals surface area contributed by atoms with E-state index in [-0.39, 0.29) is 24.5 Å². The Bertz CT molecular complexity index is 888. The van der Waals surface area contributed by atoms with Crippen molar-refractivity contribution in [3.05, 3.63) is 47.0 Å². The van der Waals surface area contributed by atoms with E-state index in [2.05, 4.69) is 10.4 Å². The van der Waals surface area contributed by atoms with Gasteiger partial charge in [0.05, 0.1) is 25.0 Å². The quantitative estimate of drug-likeness (QED) is 0.652. The predicted molar refractivity (Wildman–Crippen MR) is 101 cm³/mol. The second-order valence-corrected chi connectivity index (χ2v) is 6.90. The summed E-state index contributed by atoms with van der Waals surface area (Å²) in [5.74, 6) is -3.61. The van der Waals surface area contributed by atoms with Crippen molar-refractivity contribution in [1.82, 2.24) is 15.1 Å². The summed E-state index contributed by atoms with van der Waals surface area (Å²) < 4.78 is 24.9. The lowest BCUT2D eigenvalue weighted by Crippen LogP contribution is -2.46. The largest absolute Gasteiger partial charge is 0.410 e. The van der Waals surface area contributed by atoms with Crippen molar-refractivity contribution in [2.24, 2.45) is 0 Å². The van der Waals surface area contributed by atoms with E-state index < -0.39 is 23.6 Å². The molecule has 9 nitrogen and oxygen atoms in total. The maximum atomic E-state index is 13.3. The minimum absolute atomic E-state index is 0.0867. The lowest BCUT2D eigenvalue weighted by atomic mass is 10.2. The summed E-state index contributed by atoms with van der Waals surface area (Å²) >= 11 is 5.76. The van der Waals surface area contributed by atoms with E-state index in [1.807, 2.05) is 0 Å². The highest BCUT2D eigenvalue weighted by Gasteiger charge is 2.49. The van der Waals surface area contributed by atoms with Gasteiger partial charge in [0.25, 0.3) is 11.7 Å². The molecule has 2 amide bonds. The lowest BCUT2D eigenvalue weighted by Gasteiger charge is -2.21. The molecule has 11 heteroatoms. The lowest BCUT2D eigenvalue weighted by molar-refractivity contribution is -0.175. The van der Waals surface area contributed by atoms with Gasteiger partial charge in [-0.3, -0.25) is 9.48 Å². The number of hydrogen-bond acceptors (Lipinski definition) is 6. The number of hydrogen-bond donors (Lipinski definition) is 2. The van der Waals surface area contributed by atoms with E-state index in [0.29, 0.717) is 24.4 Å². The predicted octanol–water partition coefficient (Wildman–Crippen LogP) is 1.67. The zero-order valence-corrected chi connectivity index (χ0v) is 16.4. The second kappa shape index (κ2) is 8.76. The minimum atomic E-state index is -2.29. The van der Waals surface area contributed by atoms with Crippen molar-refractivity contribution in [2.45, 2.75) is 25.3 Å². The van der Waals surface area contributed by atoms with Crippen LogP contribution in [0.15, 0.2) is 30.6 Å². The van der Waals surface area contributed by atoms with E-state index in [0.717, 1.165) is 6.07 Å². The van der Waals surface area contributed by atoms with Gasteiger partial charge < -0.3 is 24.8 Å². The van der Waals surface area contributed by atoms with E-state index in [9.17, 15) is 19.1 Å². The van der Waals surface area contributed by atoms with Crippen molar-refractivity contribution in [1.29, 1.82) is 0 Å². The van der Waals surface area contributed by atoms with Crippen LogP contribution in [0.1, 0.15) is 12.0 Å². The van der Waals surface area contributed by atoms with Gasteiger partial charge in [-0.25, -0.2) is 9.18 Å². The molecule has 2 N–H and O–H groups in total. The highest BCUT2D eigenvalue weighted by atomic mass is 35.5. The molecule has 0 aliphatic carbocycles. The fourth-order valence-electron chi connectivity index (χ4n) is 2.90. The maximum Gasteiger partial charge on any atom is 0.410 e. The molecule has 1 saturated heterocycles. The number of aliphatic hydroxyl groups is 1. The van der Waals surface area contributed by atoms with Crippen molar-refractivity contribution < 1.29 is 28.6 Å². The molecule has 29 heavy (non-hydrogen) atoms. The second-order valence-electron chi connectivity index (χ2n) is 6.47. The van der Waals surface area contributed by atoms with E-state index >= 15 is 0 Å². The summed E-state index contributed by atoms with van der Waals surface area (Å²) in [7, 11) is 1.57. The smallest absolute Gasteiger partial charge is 0.407 e. The molecule has 2 heterocycles. The fraction of sp³-hybridized carbons (Fsp3) is 0.389. The number of rotatable bonds is 7. The molecule has 0 radical (unpaired) electrons. The molecular formula is C18H20ClFN4O5. The number of ether oxygens (including phenoxy) is 2. The third-order valence-electron chi connectivity index (χ3n) is 4.33. The van der Waals surface area contributed by atoms with Crippen molar-refractivity contribution in [3.8, 4) is 0 Å². The van der Waals surface area contributed by atoms with E-state index in [1.165, 1.54) is 23.2 Å². The number of nitrogens with one attached hydrogen (secondary N) is 1. The molecule has 0 bridgehead atoms. The number of anilines is 1. The number of carbonyl (C=O) groups is 2. The number of aromatic nitrogens is 2. The number of amides is 2. The van der Waals surface area contributed by atoms with E-state index in [1.54, 1.807) is 18.0 Å². The van der Waals surface area contributed by atoms with Gasteiger partial charge in [0.15, 0.2) is 0 Å². The number of carbonyl (C=O) groups excluding carboxylic acids is 2. The molecule has 1 aliphatic heterocycles. The number of halogens is 2. The molecule has 0 spiro atoms. The molecule has 3 rings (SSSR count). The maximum absolute atomic E-state index is 13.3. The van der Waals surface area contributed by atoms with Gasteiger partial charge in [-0.1, -0.05) is 11.6 Å². The highest BCUT2D eigenvalue weighted by Crippen LogP contribution is 2.29. The van der Waals surface area contributed by atoms with Crippen LogP contribution >= 0.6 is 11.6 Å². The van der Waals surface area contributed by atoms with Crippen LogP contribution in [0.5, 0.6) is 0 Å². The van der Waals surface area contributed by atoms with Gasteiger partial charge >= 0.3 is 6.09 Å². The fourth-order valence-corrected chi connectivity index (χ4v) is 3.14. The number of nitrogens with zero attached hydrogens (tertiary/aromatic N) is 3. The highest BCUT2D eigenvalue weighted by molar-refractivity contribution is 6.30. The summed E-state index contributed by atoms with van der Waals surface area (Å²) in [6.45, 7) is 1.03. The molecule has 1 aliphatic rings. The van der Waals surface area contributed by atoms with Crippen LogP contribution in [-0.4, -0.2) is 52.9 Å². The standard InChI is InChI=1S/C18H20ClFN4O5/c1-28-5-4-23-11-15(10-22-23)24-3-2-18(27,16(24)25)29-17(26)21-9-12-6-13(19)8-14(20)7-12/h6-8,10-11,27H,2-5,9H2,1H3,(H,21,26)/t18-/m0/s1. The Morgan fingerprint density at radius 2 is 2.24 bits per heavy atom. The van der Waals surface area contributed by atoms with Crippen molar-refractivity contribution >= 4 is 29.3 Å². The average Bonchev–Trinajstić information content (AvgIpc) is 3.23. The van der Waals surface area contributed by atoms with Crippen LogP contribution in [-0.2, 0) is 27.4 Å². The van der Waals surface area contributed by atoms with Gasteiger partial charge in [-0.05, 0) is 23.8 Å². The van der Waals surface area contributed by atoms with Gasteiger partial charge in [0.2, 0.25) is 0 Å². The van der Waals surface area contributed by atoms with Gasteiger partial charge in [-0.2, -0.15) is 5.10 Å². The zero-order valence-electron chi connectivity index (χ0n) is 15.6. The molecular weight excluding hydrogens is 407 g/mol. The number of benzene rings is 1. The van der Waals surface area contributed by atoms with Crippen LogP contribution in [0.2, 0.25) is 5.02 Å². The van der Waals surface area contributed by atoms with Gasteiger partial charge in [-0.15, -0.1) is 0 Å². The van der Waals surface area contributed by atoms with Crippen LogP contribution in [0, 0.1) is 5.82 Å². The normalized spacial score (nSPS) is 18.9. The molecule has 156 valence electrons. The first kappa shape index (κ1) is 21.0. The van der Waals surface area contributed by atoms with Crippen LogP contribution in [0.25, 0.3) is 0 Å². The van der Waals surface area contributed by atoms with E-state index in [4.69, 9.17) is 21.1 Å². The molecule has 0 unspecified atom stereocenters. The zero-order chi connectivity index (χ0) is 21.0. The van der Waals surface area contributed by atoms with Crippen molar-refractivity contribution in [2.75, 3.05) is 25.2 Å². The summed E-state index contributed by atoms with van der Waals surface area (Å²) in [5, 5.41) is 17.2. The third kappa shape index (κ3) is 5.03. The molecule has 1 aromatic heterocycles. The molecule has 1 atom stereocenters. The van der Waals surface area contributed by atoms with Crippen molar-refractivity contribution in [3.63, 3.8) is 0 Å². The van der Waals surface area contributed by atoms with Gasteiger partial charge in [0, 0.05) is 37.8 Å². The Balaban J connectivity index is 1.58. The SMILES string of the molecule is COCCn1cc(N2CC[C@](O)(OC(=O)NCc3cc(F)cc(Cl)c3)C2=O)cn1. The Hall–Kier alpha value is -2.69. The number of alkyl carbamates (subject to hydrolysis) is 1. The summed E-state index contributed by atoms with van der Waals surface area (Å²) in [6, 6.07) is 3.81. The molecule has 1 aromatic carbocycles. The first-order valence-electron chi connectivity index (χ1n) is 8.78. The summed E-state index contributed by atoms with van der Waals surface area (Å²) in [5.41, 5.74) is 0.877. The number of methoxy groups -OCH3 is 1. The first-order valence-corrected chi connectivity index (χ1v) is 9.16. The molecule has 0 saturated carbocycles. The Morgan fingerprint density at radius 1 is 1.45 bits per heavy atom. The average molecular weight is 427 g/mol. The first-order chi connectivity index (χ1) is 13.8.